The molecule has 2 N–H and O–H groups in total. The minimum atomic E-state index is 0.629. The van der Waals surface area contributed by atoms with Gasteiger partial charge in [0.05, 0.1) is 0 Å². The van der Waals surface area contributed by atoms with Crippen LogP contribution in [0.3, 0.4) is 0 Å². The van der Waals surface area contributed by atoms with Crippen molar-refractivity contribution in [3.05, 3.63) is 29.3 Å². The predicted molar refractivity (Wildman–Crippen MR) is 86.3 cm³/mol. The van der Waals surface area contributed by atoms with E-state index in [-0.39, 0.29) is 0 Å². The third kappa shape index (κ3) is 3.95. The van der Waals surface area contributed by atoms with Crippen molar-refractivity contribution < 1.29 is 0 Å². The molecule has 0 radical (unpaired) electrons. The molecule has 0 atom stereocenters. The molecule has 0 amide bonds. The first-order chi connectivity index (χ1) is 9.60. The second kappa shape index (κ2) is 7.07. The lowest BCUT2D eigenvalue weighted by Crippen LogP contribution is -2.48. The fraction of sp³-hybridized carbons (Fsp3) is 0.625. The summed E-state index contributed by atoms with van der Waals surface area (Å²) >= 11 is 0. The first-order valence-corrected chi connectivity index (χ1v) is 7.52. The molecule has 0 saturated carbocycles. The number of nitrogens with two attached hydrogens (primary N) is 1. The van der Waals surface area contributed by atoms with Gasteiger partial charge in [-0.25, -0.2) is 0 Å². The molecule has 1 aromatic rings. The van der Waals surface area contributed by atoms with E-state index in [0.29, 0.717) is 6.54 Å². The Morgan fingerprint density at radius 3 is 2.40 bits per heavy atom. The van der Waals surface area contributed by atoms with Crippen LogP contribution in [0.15, 0.2) is 18.2 Å². The maximum Gasteiger partial charge on any atom is 0.0369 e. The minimum absolute atomic E-state index is 0.629. The molecule has 1 fully saturated rings. The van der Waals surface area contributed by atoms with Gasteiger partial charge in [0.15, 0.2) is 0 Å². The van der Waals surface area contributed by atoms with E-state index in [4.69, 9.17) is 5.73 Å². The molecule has 0 aliphatic carbocycles. The summed E-state index contributed by atoms with van der Waals surface area (Å²) in [6.07, 6.45) is 0. The maximum atomic E-state index is 5.73. The Hall–Kier alpha value is -1.10. The third-order valence-electron chi connectivity index (χ3n) is 4.15. The monoisotopic (exact) mass is 276 g/mol. The van der Waals surface area contributed by atoms with Gasteiger partial charge >= 0.3 is 0 Å². The number of rotatable bonds is 5. The van der Waals surface area contributed by atoms with Gasteiger partial charge in [-0.3, -0.25) is 4.90 Å². The Labute approximate surface area is 123 Å². The Balaban J connectivity index is 1.88. The highest BCUT2D eigenvalue weighted by Gasteiger charge is 2.17. The topological polar surface area (TPSA) is 35.7 Å². The molecule has 0 aromatic heterocycles. The van der Waals surface area contributed by atoms with Gasteiger partial charge in [0, 0.05) is 51.5 Å². The van der Waals surface area contributed by atoms with E-state index >= 15 is 0 Å². The van der Waals surface area contributed by atoms with Crippen LogP contribution < -0.4 is 10.6 Å². The molecule has 1 heterocycles. The van der Waals surface area contributed by atoms with Gasteiger partial charge in [0.25, 0.3) is 0 Å². The van der Waals surface area contributed by atoms with E-state index in [1.807, 2.05) is 0 Å². The molecule has 1 aliphatic rings. The molecule has 1 aromatic carbocycles. The van der Waals surface area contributed by atoms with E-state index in [9.17, 15) is 0 Å². The normalized spacial score (nSPS) is 16.9. The number of aryl methyl sites for hydroxylation is 1. The quantitative estimate of drug-likeness (QED) is 0.875. The molecule has 20 heavy (non-hydrogen) atoms. The molecule has 0 unspecified atom stereocenters. The number of benzene rings is 1. The molecular formula is C16H28N4. The Bertz CT molecular complexity index is 422. The van der Waals surface area contributed by atoms with Gasteiger partial charge in [-0.05, 0) is 44.3 Å². The van der Waals surface area contributed by atoms with Crippen molar-refractivity contribution in [2.45, 2.75) is 13.5 Å². The molecule has 1 aliphatic heterocycles. The summed E-state index contributed by atoms with van der Waals surface area (Å²) in [5.74, 6) is 0. The van der Waals surface area contributed by atoms with Crippen LogP contribution in [-0.4, -0.2) is 63.2 Å². The van der Waals surface area contributed by atoms with Crippen molar-refractivity contribution in [1.29, 1.82) is 0 Å². The second-order valence-electron chi connectivity index (χ2n) is 5.95. The molecular weight excluding hydrogens is 248 g/mol. The van der Waals surface area contributed by atoms with Crippen molar-refractivity contribution in [2.24, 2.45) is 5.73 Å². The molecule has 0 bridgehead atoms. The molecule has 4 heteroatoms. The first kappa shape index (κ1) is 15.3. The smallest absolute Gasteiger partial charge is 0.0369 e. The van der Waals surface area contributed by atoms with E-state index in [1.165, 1.54) is 23.4 Å². The zero-order valence-corrected chi connectivity index (χ0v) is 13.1. The Morgan fingerprint density at radius 1 is 1.15 bits per heavy atom. The predicted octanol–water partition coefficient (Wildman–Crippen LogP) is 1.14. The van der Waals surface area contributed by atoms with Crippen LogP contribution >= 0.6 is 0 Å². The van der Waals surface area contributed by atoms with E-state index in [0.717, 1.165) is 32.7 Å². The maximum absolute atomic E-state index is 5.73. The van der Waals surface area contributed by atoms with Crippen LogP contribution in [0.4, 0.5) is 5.69 Å². The first-order valence-electron chi connectivity index (χ1n) is 7.52. The standard InChI is InChI=1S/C16H28N4/c1-14-12-16(5-4-15(14)13-17)20-10-8-19(9-11-20)7-6-18(2)3/h4-5,12H,6-11,13,17H2,1-3H3. The number of piperazine rings is 1. The van der Waals surface area contributed by atoms with Gasteiger partial charge in [-0.2, -0.15) is 0 Å². The van der Waals surface area contributed by atoms with E-state index in [1.54, 1.807) is 0 Å². The van der Waals surface area contributed by atoms with E-state index in [2.05, 4.69) is 53.9 Å². The van der Waals surface area contributed by atoms with Gasteiger partial charge < -0.3 is 15.5 Å². The van der Waals surface area contributed by atoms with Crippen molar-refractivity contribution in [3.63, 3.8) is 0 Å². The summed E-state index contributed by atoms with van der Waals surface area (Å²) < 4.78 is 0. The number of likely N-dealkylation sites (N-methyl/N-ethyl adjacent to an activating group) is 1. The third-order valence-corrected chi connectivity index (χ3v) is 4.15. The summed E-state index contributed by atoms with van der Waals surface area (Å²) in [6, 6.07) is 6.66. The molecule has 112 valence electrons. The summed E-state index contributed by atoms with van der Waals surface area (Å²) in [5, 5.41) is 0. The van der Waals surface area contributed by atoms with Gasteiger partial charge in [-0.1, -0.05) is 6.07 Å². The highest BCUT2D eigenvalue weighted by atomic mass is 15.3. The summed E-state index contributed by atoms with van der Waals surface area (Å²) in [4.78, 5) is 7.29. The van der Waals surface area contributed by atoms with Gasteiger partial charge in [-0.15, -0.1) is 0 Å². The van der Waals surface area contributed by atoms with Crippen molar-refractivity contribution in [1.82, 2.24) is 9.80 Å². The number of nitrogens with zero attached hydrogens (tertiary/aromatic N) is 3. The van der Waals surface area contributed by atoms with Crippen LogP contribution in [0.2, 0.25) is 0 Å². The number of hydrogen-bond donors (Lipinski definition) is 1. The molecule has 4 nitrogen and oxygen atoms in total. The lowest BCUT2D eigenvalue weighted by atomic mass is 10.1. The van der Waals surface area contributed by atoms with Crippen LogP contribution in [0.1, 0.15) is 11.1 Å². The van der Waals surface area contributed by atoms with Crippen LogP contribution in [0.5, 0.6) is 0 Å². The Morgan fingerprint density at radius 2 is 1.85 bits per heavy atom. The summed E-state index contributed by atoms with van der Waals surface area (Å²) in [6.45, 7) is 9.65. The lowest BCUT2D eigenvalue weighted by Gasteiger charge is -2.36. The van der Waals surface area contributed by atoms with Crippen LogP contribution in [-0.2, 0) is 6.54 Å². The Kier molecular flexibility index (Phi) is 5.40. The largest absolute Gasteiger partial charge is 0.369 e. The minimum Gasteiger partial charge on any atom is -0.369 e. The number of anilines is 1. The highest BCUT2D eigenvalue weighted by Crippen LogP contribution is 2.20. The van der Waals surface area contributed by atoms with Gasteiger partial charge in [0.1, 0.15) is 0 Å². The van der Waals surface area contributed by atoms with Crippen molar-refractivity contribution in [3.8, 4) is 0 Å². The number of hydrogen-bond acceptors (Lipinski definition) is 4. The van der Waals surface area contributed by atoms with E-state index < -0.39 is 0 Å². The molecule has 0 spiro atoms. The highest BCUT2D eigenvalue weighted by molar-refractivity contribution is 5.51. The van der Waals surface area contributed by atoms with Gasteiger partial charge in [0.2, 0.25) is 0 Å². The van der Waals surface area contributed by atoms with Crippen molar-refractivity contribution >= 4 is 5.69 Å². The molecule has 2 rings (SSSR count). The SMILES string of the molecule is Cc1cc(N2CCN(CCN(C)C)CC2)ccc1CN. The van der Waals surface area contributed by atoms with Crippen LogP contribution in [0, 0.1) is 6.92 Å². The zero-order valence-electron chi connectivity index (χ0n) is 13.1. The fourth-order valence-corrected chi connectivity index (χ4v) is 2.68. The van der Waals surface area contributed by atoms with Crippen molar-refractivity contribution in [2.75, 3.05) is 58.3 Å². The average Bonchev–Trinajstić information content (AvgIpc) is 2.45. The molecule has 1 saturated heterocycles. The average molecular weight is 276 g/mol. The summed E-state index contributed by atoms with van der Waals surface area (Å²) in [5.41, 5.74) is 9.62. The zero-order chi connectivity index (χ0) is 14.5. The lowest BCUT2D eigenvalue weighted by molar-refractivity contribution is 0.229. The summed E-state index contributed by atoms with van der Waals surface area (Å²) in [7, 11) is 4.27. The fourth-order valence-electron chi connectivity index (χ4n) is 2.68. The van der Waals surface area contributed by atoms with Crippen LogP contribution in [0.25, 0.3) is 0 Å². The second-order valence-corrected chi connectivity index (χ2v) is 5.95.